The van der Waals surface area contributed by atoms with Gasteiger partial charge in [-0.05, 0) is 43.9 Å². The number of carbonyl (C=O) groups is 1. The van der Waals surface area contributed by atoms with E-state index in [1.165, 1.54) is 0 Å². The molecule has 0 saturated carbocycles. The molecule has 2 fully saturated rings. The summed E-state index contributed by atoms with van der Waals surface area (Å²) in [6.45, 7) is 2.20. The summed E-state index contributed by atoms with van der Waals surface area (Å²) in [6.07, 6.45) is 3.66. The van der Waals surface area contributed by atoms with Gasteiger partial charge >= 0.3 is 0 Å². The third-order valence-electron chi connectivity index (χ3n) is 4.90. The smallest absolute Gasteiger partial charge is 0.226 e. The molecule has 0 N–H and O–H groups in total. The number of benzene rings is 1. The second-order valence-corrected chi connectivity index (χ2v) is 6.18. The molecular formula is C18H25NO4. The van der Waals surface area contributed by atoms with Crippen molar-refractivity contribution in [2.75, 3.05) is 34.0 Å². The summed E-state index contributed by atoms with van der Waals surface area (Å²) in [5.74, 6) is 1.98. The zero-order valence-corrected chi connectivity index (χ0v) is 13.9. The molecule has 0 aliphatic carbocycles. The van der Waals surface area contributed by atoms with Gasteiger partial charge < -0.3 is 19.1 Å². The van der Waals surface area contributed by atoms with Gasteiger partial charge in [-0.15, -0.1) is 0 Å². The van der Waals surface area contributed by atoms with Crippen LogP contribution in [0.15, 0.2) is 18.2 Å². The van der Waals surface area contributed by atoms with Crippen molar-refractivity contribution in [1.82, 2.24) is 4.90 Å². The number of rotatable bonds is 4. The zero-order chi connectivity index (χ0) is 16.2. The minimum atomic E-state index is 0.0791. The number of hydrogen-bond donors (Lipinski definition) is 0. The van der Waals surface area contributed by atoms with Crippen LogP contribution in [-0.4, -0.2) is 44.8 Å². The fraction of sp³-hybridized carbons (Fsp3) is 0.611. The summed E-state index contributed by atoms with van der Waals surface area (Å²) < 4.78 is 16.3. The number of amides is 1. The third-order valence-corrected chi connectivity index (χ3v) is 4.90. The van der Waals surface area contributed by atoms with Gasteiger partial charge in [0.15, 0.2) is 0 Å². The number of methoxy groups -OCH3 is 2. The van der Waals surface area contributed by atoms with Crippen LogP contribution in [0.4, 0.5) is 0 Å². The maximum Gasteiger partial charge on any atom is 0.226 e. The van der Waals surface area contributed by atoms with Crippen LogP contribution >= 0.6 is 0 Å². The van der Waals surface area contributed by atoms with Crippen LogP contribution in [0.5, 0.6) is 11.5 Å². The molecule has 2 saturated heterocycles. The van der Waals surface area contributed by atoms with Crippen LogP contribution < -0.4 is 9.47 Å². The Morgan fingerprint density at radius 3 is 2.65 bits per heavy atom. The van der Waals surface area contributed by atoms with Gasteiger partial charge in [0.05, 0.1) is 20.3 Å². The van der Waals surface area contributed by atoms with E-state index in [0.29, 0.717) is 13.2 Å². The lowest BCUT2D eigenvalue weighted by Gasteiger charge is -2.31. The lowest BCUT2D eigenvalue weighted by Crippen LogP contribution is -2.38. The largest absolute Gasteiger partial charge is 0.497 e. The topological polar surface area (TPSA) is 48.0 Å². The quantitative estimate of drug-likeness (QED) is 0.856. The van der Waals surface area contributed by atoms with Crippen molar-refractivity contribution in [2.24, 2.45) is 5.92 Å². The number of carbonyl (C=O) groups excluding carboxylic acids is 1. The fourth-order valence-electron chi connectivity index (χ4n) is 3.63. The number of hydrogen-bond acceptors (Lipinski definition) is 4. The average molecular weight is 319 g/mol. The highest BCUT2D eigenvalue weighted by molar-refractivity contribution is 5.80. The van der Waals surface area contributed by atoms with Crippen LogP contribution in [-0.2, 0) is 9.53 Å². The van der Waals surface area contributed by atoms with Crippen molar-refractivity contribution >= 4 is 5.91 Å². The van der Waals surface area contributed by atoms with E-state index in [1.807, 2.05) is 23.1 Å². The van der Waals surface area contributed by atoms with Crippen LogP contribution in [0.3, 0.4) is 0 Å². The predicted octanol–water partition coefficient (Wildman–Crippen LogP) is 2.79. The molecule has 1 aromatic rings. The van der Waals surface area contributed by atoms with E-state index in [9.17, 15) is 4.79 Å². The van der Waals surface area contributed by atoms with Gasteiger partial charge in [-0.25, -0.2) is 0 Å². The van der Waals surface area contributed by atoms with Crippen LogP contribution in [0.25, 0.3) is 0 Å². The number of nitrogens with zero attached hydrogens (tertiary/aromatic N) is 1. The van der Waals surface area contributed by atoms with E-state index in [4.69, 9.17) is 14.2 Å². The molecular weight excluding hydrogens is 294 g/mol. The first-order chi connectivity index (χ1) is 11.2. The van der Waals surface area contributed by atoms with Crippen molar-refractivity contribution in [3.8, 4) is 11.5 Å². The first-order valence-electron chi connectivity index (χ1n) is 8.34. The van der Waals surface area contributed by atoms with E-state index in [-0.39, 0.29) is 17.9 Å². The van der Waals surface area contributed by atoms with Gasteiger partial charge in [0.2, 0.25) is 5.91 Å². The molecule has 1 aromatic carbocycles. The molecule has 2 aliphatic heterocycles. The molecule has 2 aliphatic rings. The highest BCUT2D eigenvalue weighted by Gasteiger charge is 2.35. The molecule has 3 rings (SSSR count). The lowest BCUT2D eigenvalue weighted by atomic mass is 9.96. The van der Waals surface area contributed by atoms with Gasteiger partial charge in [0, 0.05) is 31.2 Å². The minimum absolute atomic E-state index is 0.0791. The van der Waals surface area contributed by atoms with Gasteiger partial charge in [-0.2, -0.15) is 0 Å². The summed E-state index contributed by atoms with van der Waals surface area (Å²) in [5, 5.41) is 0. The van der Waals surface area contributed by atoms with Gasteiger partial charge in [-0.3, -0.25) is 4.79 Å². The Labute approximate surface area is 137 Å². The molecule has 5 heteroatoms. The molecule has 5 nitrogen and oxygen atoms in total. The van der Waals surface area contributed by atoms with E-state index in [2.05, 4.69) is 0 Å². The van der Waals surface area contributed by atoms with Crippen LogP contribution in [0.2, 0.25) is 0 Å². The molecule has 1 atom stereocenters. The Hall–Kier alpha value is -1.75. The SMILES string of the molecule is COc1ccc(OC)c(C2CCCN2C(=O)C2CCOCC2)c1. The summed E-state index contributed by atoms with van der Waals surface area (Å²) in [4.78, 5) is 15.0. The standard InChI is InChI=1S/C18H25NO4/c1-21-14-5-6-17(22-2)15(12-14)16-4-3-9-19(16)18(20)13-7-10-23-11-8-13/h5-6,12-13,16H,3-4,7-11H2,1-2H3. The van der Waals surface area contributed by atoms with Gasteiger partial charge in [0.25, 0.3) is 0 Å². The highest BCUT2D eigenvalue weighted by Crippen LogP contribution is 2.40. The first-order valence-corrected chi connectivity index (χ1v) is 8.34. The van der Waals surface area contributed by atoms with Crippen LogP contribution in [0, 0.1) is 5.92 Å². The lowest BCUT2D eigenvalue weighted by molar-refractivity contribution is -0.139. The fourth-order valence-corrected chi connectivity index (χ4v) is 3.63. The molecule has 1 unspecified atom stereocenters. The van der Waals surface area contributed by atoms with Crippen molar-refractivity contribution < 1.29 is 19.0 Å². The summed E-state index contributed by atoms with van der Waals surface area (Å²) >= 11 is 0. The third kappa shape index (κ3) is 3.29. The Bertz CT molecular complexity index is 554. The van der Waals surface area contributed by atoms with Crippen molar-refractivity contribution in [3.05, 3.63) is 23.8 Å². The maximum absolute atomic E-state index is 12.9. The van der Waals surface area contributed by atoms with Crippen molar-refractivity contribution in [1.29, 1.82) is 0 Å². The monoisotopic (exact) mass is 319 g/mol. The Morgan fingerprint density at radius 2 is 1.96 bits per heavy atom. The second kappa shape index (κ2) is 7.21. The Kier molecular flexibility index (Phi) is 5.06. The van der Waals surface area contributed by atoms with Gasteiger partial charge in [0.1, 0.15) is 11.5 Å². The van der Waals surface area contributed by atoms with Crippen molar-refractivity contribution in [2.45, 2.75) is 31.7 Å². The predicted molar refractivity (Wildman–Crippen MR) is 86.8 cm³/mol. The Balaban J connectivity index is 1.84. The summed E-state index contributed by atoms with van der Waals surface area (Å²) in [5.41, 5.74) is 1.05. The maximum atomic E-state index is 12.9. The Morgan fingerprint density at radius 1 is 1.17 bits per heavy atom. The normalized spacial score (nSPS) is 22.2. The molecule has 23 heavy (non-hydrogen) atoms. The van der Waals surface area contributed by atoms with E-state index in [0.717, 1.165) is 49.3 Å². The van der Waals surface area contributed by atoms with E-state index < -0.39 is 0 Å². The first kappa shape index (κ1) is 16.1. The molecule has 1 amide bonds. The average Bonchev–Trinajstić information content (AvgIpc) is 3.10. The summed E-state index contributed by atoms with van der Waals surface area (Å²) in [6, 6.07) is 5.89. The van der Waals surface area contributed by atoms with E-state index in [1.54, 1.807) is 14.2 Å². The summed E-state index contributed by atoms with van der Waals surface area (Å²) in [7, 11) is 3.33. The highest BCUT2D eigenvalue weighted by atomic mass is 16.5. The van der Waals surface area contributed by atoms with Gasteiger partial charge in [-0.1, -0.05) is 0 Å². The molecule has 0 radical (unpaired) electrons. The molecule has 126 valence electrons. The molecule has 0 spiro atoms. The van der Waals surface area contributed by atoms with Crippen LogP contribution in [0.1, 0.15) is 37.3 Å². The molecule has 2 heterocycles. The zero-order valence-electron chi connectivity index (χ0n) is 13.9. The number of ether oxygens (including phenoxy) is 3. The second-order valence-electron chi connectivity index (χ2n) is 6.18. The van der Waals surface area contributed by atoms with Crippen molar-refractivity contribution in [3.63, 3.8) is 0 Å². The number of likely N-dealkylation sites (tertiary alicyclic amines) is 1. The molecule has 0 aromatic heterocycles. The minimum Gasteiger partial charge on any atom is -0.497 e. The van der Waals surface area contributed by atoms with E-state index >= 15 is 0 Å². The molecule has 0 bridgehead atoms.